The molecule has 0 spiro atoms. The van der Waals surface area contributed by atoms with E-state index >= 15 is 0 Å². The number of nitrogens with zero attached hydrogens (tertiary/aromatic N) is 2. The summed E-state index contributed by atoms with van der Waals surface area (Å²) in [4.78, 5) is 28.2. The van der Waals surface area contributed by atoms with Crippen LogP contribution in [0.2, 0.25) is 5.02 Å². The third kappa shape index (κ3) is 4.73. The molecule has 0 N–H and O–H groups in total. The van der Waals surface area contributed by atoms with Crippen molar-refractivity contribution in [3.63, 3.8) is 0 Å². The van der Waals surface area contributed by atoms with E-state index < -0.39 is 0 Å². The minimum absolute atomic E-state index is 0.0903. The van der Waals surface area contributed by atoms with E-state index in [4.69, 9.17) is 11.6 Å². The van der Waals surface area contributed by atoms with E-state index in [1.807, 2.05) is 30.9 Å². The molecule has 132 valence electrons. The number of carbonyl (C=O) groups excluding carboxylic acids is 2. The Labute approximate surface area is 149 Å². The molecule has 5 heteroatoms. The molecule has 0 aliphatic carbocycles. The van der Waals surface area contributed by atoms with E-state index in [1.165, 1.54) is 19.8 Å². The second-order valence-electron chi connectivity index (χ2n) is 6.63. The lowest BCUT2D eigenvalue weighted by molar-refractivity contribution is -0.131. The summed E-state index contributed by atoms with van der Waals surface area (Å²) in [6.07, 6.45) is 4.88. The Morgan fingerprint density at radius 1 is 1.12 bits per heavy atom. The summed E-state index contributed by atoms with van der Waals surface area (Å²) in [5, 5.41) is 0.560. The van der Waals surface area contributed by atoms with Gasteiger partial charge in [0.1, 0.15) is 0 Å². The number of rotatable bonds is 4. The fraction of sp³-hybridized carbons (Fsp3) is 0.579. The van der Waals surface area contributed by atoms with E-state index in [1.54, 1.807) is 4.90 Å². The average molecular weight is 351 g/mol. The summed E-state index contributed by atoms with van der Waals surface area (Å²) in [7, 11) is 0. The standard InChI is InChI=1S/C19H27ClN2O2/c1-14-12-15(2)19(17(20)13-14)22(16(3)23)11-8-18(24)21-9-6-4-5-7-10-21/h12-13H,4-11H2,1-3H3. The van der Waals surface area contributed by atoms with Gasteiger partial charge >= 0.3 is 0 Å². The average Bonchev–Trinajstić information content (AvgIpc) is 2.78. The third-order valence-corrected chi connectivity index (χ3v) is 4.84. The zero-order valence-corrected chi connectivity index (χ0v) is 15.7. The van der Waals surface area contributed by atoms with Crippen LogP contribution in [0.15, 0.2) is 12.1 Å². The molecule has 1 saturated heterocycles. The van der Waals surface area contributed by atoms with E-state index in [0.717, 1.165) is 42.7 Å². The van der Waals surface area contributed by atoms with Gasteiger partial charge in [-0.05, 0) is 43.9 Å². The molecule has 0 unspecified atom stereocenters. The Kier molecular flexibility index (Phi) is 6.67. The molecule has 0 bridgehead atoms. The van der Waals surface area contributed by atoms with Crippen molar-refractivity contribution in [2.75, 3.05) is 24.5 Å². The summed E-state index contributed by atoms with van der Waals surface area (Å²) in [5.74, 6) is 0.0385. The summed E-state index contributed by atoms with van der Waals surface area (Å²) in [6, 6.07) is 3.87. The van der Waals surface area contributed by atoms with Crippen molar-refractivity contribution < 1.29 is 9.59 Å². The molecule has 1 aromatic carbocycles. The maximum atomic E-state index is 12.5. The minimum atomic E-state index is -0.0903. The Balaban J connectivity index is 2.09. The van der Waals surface area contributed by atoms with E-state index in [2.05, 4.69) is 0 Å². The Morgan fingerprint density at radius 3 is 2.29 bits per heavy atom. The monoisotopic (exact) mass is 350 g/mol. The van der Waals surface area contributed by atoms with Crippen LogP contribution in [0.1, 0.15) is 50.2 Å². The van der Waals surface area contributed by atoms with Gasteiger partial charge in [0.2, 0.25) is 11.8 Å². The Bertz CT molecular complexity index is 584. The number of benzene rings is 1. The molecule has 1 aromatic rings. The molecular formula is C19H27ClN2O2. The van der Waals surface area contributed by atoms with Crippen molar-refractivity contribution in [3.05, 3.63) is 28.3 Å². The first kappa shape index (κ1) is 18.8. The third-order valence-electron chi connectivity index (χ3n) is 4.56. The largest absolute Gasteiger partial charge is 0.343 e. The van der Waals surface area contributed by atoms with Gasteiger partial charge in [-0.2, -0.15) is 0 Å². The molecule has 0 radical (unpaired) electrons. The second-order valence-corrected chi connectivity index (χ2v) is 7.04. The lowest BCUT2D eigenvalue weighted by Crippen LogP contribution is -2.37. The zero-order chi connectivity index (χ0) is 17.7. The molecule has 2 rings (SSSR count). The predicted molar refractivity (Wildman–Crippen MR) is 98.6 cm³/mol. The maximum absolute atomic E-state index is 12.5. The van der Waals surface area contributed by atoms with E-state index in [9.17, 15) is 9.59 Å². The highest BCUT2D eigenvalue weighted by Gasteiger charge is 2.21. The van der Waals surface area contributed by atoms with Crippen LogP contribution < -0.4 is 4.90 Å². The topological polar surface area (TPSA) is 40.6 Å². The summed E-state index contributed by atoms with van der Waals surface area (Å²) in [5.41, 5.74) is 2.74. The van der Waals surface area contributed by atoms with Crippen molar-refractivity contribution in [1.29, 1.82) is 0 Å². The fourth-order valence-electron chi connectivity index (χ4n) is 3.36. The number of likely N-dealkylation sites (tertiary alicyclic amines) is 1. The lowest BCUT2D eigenvalue weighted by Gasteiger charge is -2.26. The summed E-state index contributed by atoms with van der Waals surface area (Å²) in [6.45, 7) is 7.48. The molecule has 1 aliphatic rings. The molecule has 0 aromatic heterocycles. The predicted octanol–water partition coefficient (Wildman–Crippen LogP) is 4.10. The van der Waals surface area contributed by atoms with Gasteiger partial charge in [0.05, 0.1) is 10.7 Å². The van der Waals surface area contributed by atoms with Gasteiger partial charge in [-0.25, -0.2) is 0 Å². The lowest BCUT2D eigenvalue weighted by atomic mass is 10.1. The van der Waals surface area contributed by atoms with Crippen molar-refractivity contribution >= 4 is 29.1 Å². The molecular weight excluding hydrogens is 324 g/mol. The molecule has 4 nitrogen and oxygen atoms in total. The first-order valence-electron chi connectivity index (χ1n) is 8.72. The van der Waals surface area contributed by atoms with Crippen LogP contribution in [0, 0.1) is 13.8 Å². The molecule has 0 saturated carbocycles. The van der Waals surface area contributed by atoms with Gasteiger partial charge in [0.15, 0.2) is 0 Å². The number of hydrogen-bond acceptors (Lipinski definition) is 2. The second kappa shape index (κ2) is 8.52. The number of carbonyl (C=O) groups is 2. The molecule has 1 heterocycles. The Hall–Kier alpha value is -1.55. The van der Waals surface area contributed by atoms with Gasteiger partial charge in [0, 0.05) is 33.0 Å². The molecule has 24 heavy (non-hydrogen) atoms. The number of amides is 2. The summed E-state index contributed by atoms with van der Waals surface area (Å²) >= 11 is 6.37. The smallest absolute Gasteiger partial charge is 0.224 e. The zero-order valence-electron chi connectivity index (χ0n) is 14.9. The molecule has 1 fully saturated rings. The first-order valence-corrected chi connectivity index (χ1v) is 9.10. The number of aryl methyl sites for hydroxylation is 2. The molecule has 0 atom stereocenters. The quantitative estimate of drug-likeness (QED) is 0.820. The van der Waals surface area contributed by atoms with Gasteiger partial charge < -0.3 is 9.80 Å². The Morgan fingerprint density at radius 2 is 1.75 bits per heavy atom. The van der Waals surface area contributed by atoms with Crippen molar-refractivity contribution in [3.8, 4) is 0 Å². The van der Waals surface area contributed by atoms with Gasteiger partial charge in [-0.3, -0.25) is 9.59 Å². The van der Waals surface area contributed by atoms with Gasteiger partial charge in [-0.1, -0.05) is 30.5 Å². The molecule has 1 aliphatic heterocycles. The first-order chi connectivity index (χ1) is 11.4. The number of anilines is 1. The van der Waals surface area contributed by atoms with Crippen LogP contribution in [0.5, 0.6) is 0 Å². The highest BCUT2D eigenvalue weighted by Crippen LogP contribution is 2.31. The van der Waals surface area contributed by atoms with Crippen molar-refractivity contribution in [1.82, 2.24) is 4.90 Å². The van der Waals surface area contributed by atoms with E-state index in [-0.39, 0.29) is 11.8 Å². The van der Waals surface area contributed by atoms with Crippen LogP contribution in [-0.2, 0) is 9.59 Å². The van der Waals surface area contributed by atoms with Crippen molar-refractivity contribution in [2.24, 2.45) is 0 Å². The van der Waals surface area contributed by atoms with Crippen LogP contribution in [0.4, 0.5) is 5.69 Å². The van der Waals surface area contributed by atoms with Crippen molar-refractivity contribution in [2.45, 2.75) is 52.9 Å². The van der Waals surface area contributed by atoms with Crippen LogP contribution in [-0.4, -0.2) is 36.3 Å². The van der Waals surface area contributed by atoms with Crippen LogP contribution >= 0.6 is 11.6 Å². The summed E-state index contributed by atoms with van der Waals surface area (Å²) < 4.78 is 0. The maximum Gasteiger partial charge on any atom is 0.224 e. The van der Waals surface area contributed by atoms with Gasteiger partial charge in [0.25, 0.3) is 0 Å². The van der Waals surface area contributed by atoms with Crippen LogP contribution in [0.3, 0.4) is 0 Å². The highest BCUT2D eigenvalue weighted by molar-refractivity contribution is 6.34. The van der Waals surface area contributed by atoms with E-state index in [0.29, 0.717) is 18.0 Å². The highest BCUT2D eigenvalue weighted by atomic mass is 35.5. The fourth-order valence-corrected chi connectivity index (χ4v) is 3.79. The van der Waals surface area contributed by atoms with Crippen LogP contribution in [0.25, 0.3) is 0 Å². The molecule has 2 amide bonds. The SMILES string of the molecule is CC(=O)N(CCC(=O)N1CCCCCC1)c1c(C)cc(C)cc1Cl. The normalized spacial score (nSPS) is 15.1. The number of hydrogen-bond donors (Lipinski definition) is 0. The minimum Gasteiger partial charge on any atom is -0.343 e. The number of halogens is 1. The van der Waals surface area contributed by atoms with Gasteiger partial charge in [-0.15, -0.1) is 0 Å².